The van der Waals surface area contributed by atoms with Crippen LogP contribution in [0, 0.1) is 6.92 Å². The highest BCUT2D eigenvalue weighted by Crippen LogP contribution is 2.51. The minimum atomic E-state index is 0.274. The van der Waals surface area contributed by atoms with Gasteiger partial charge in [-0.2, -0.15) is 0 Å². The SMILES string of the molecule is CCc1cccc2c(C3(CN)CC3)c(C)n(C)c12. The van der Waals surface area contributed by atoms with Gasteiger partial charge in [0.25, 0.3) is 0 Å². The zero-order chi connectivity index (χ0) is 12.9. The van der Waals surface area contributed by atoms with Crippen molar-refractivity contribution in [1.82, 2.24) is 4.57 Å². The summed E-state index contributed by atoms with van der Waals surface area (Å²) in [6, 6.07) is 6.71. The van der Waals surface area contributed by atoms with E-state index < -0.39 is 0 Å². The van der Waals surface area contributed by atoms with Gasteiger partial charge in [-0.3, -0.25) is 0 Å². The molecule has 2 aromatic rings. The van der Waals surface area contributed by atoms with Gasteiger partial charge in [-0.25, -0.2) is 0 Å². The molecule has 2 nitrogen and oxygen atoms in total. The van der Waals surface area contributed by atoms with Gasteiger partial charge >= 0.3 is 0 Å². The maximum Gasteiger partial charge on any atom is 0.0515 e. The van der Waals surface area contributed by atoms with Crippen LogP contribution in [0.5, 0.6) is 0 Å². The number of nitrogens with two attached hydrogens (primary N) is 1. The zero-order valence-corrected chi connectivity index (χ0v) is 11.6. The molecule has 0 spiro atoms. The summed E-state index contributed by atoms with van der Waals surface area (Å²) in [7, 11) is 2.19. The molecule has 18 heavy (non-hydrogen) atoms. The number of para-hydroxylation sites is 1. The fourth-order valence-electron chi connectivity index (χ4n) is 3.38. The van der Waals surface area contributed by atoms with Gasteiger partial charge in [-0.15, -0.1) is 0 Å². The maximum absolute atomic E-state index is 6.03. The number of aryl methyl sites for hydroxylation is 2. The molecule has 0 bridgehead atoms. The molecular formula is C16H22N2. The van der Waals surface area contributed by atoms with E-state index in [9.17, 15) is 0 Å². The first-order valence-electron chi connectivity index (χ1n) is 6.92. The van der Waals surface area contributed by atoms with Crippen molar-refractivity contribution in [3.63, 3.8) is 0 Å². The normalized spacial score (nSPS) is 17.3. The summed E-state index contributed by atoms with van der Waals surface area (Å²) in [5, 5.41) is 1.43. The standard InChI is InChI=1S/C16H22N2/c1-4-12-6-5-7-13-14(16(10-17)8-9-16)11(2)18(3)15(12)13/h5-7H,4,8-10,17H2,1-3H3. The van der Waals surface area contributed by atoms with E-state index in [1.807, 2.05) is 0 Å². The van der Waals surface area contributed by atoms with E-state index in [-0.39, 0.29) is 5.41 Å². The summed E-state index contributed by atoms with van der Waals surface area (Å²) in [5.74, 6) is 0. The molecule has 0 atom stereocenters. The molecule has 2 heteroatoms. The molecule has 1 aromatic heterocycles. The smallest absolute Gasteiger partial charge is 0.0515 e. The minimum absolute atomic E-state index is 0.274. The summed E-state index contributed by atoms with van der Waals surface area (Å²) in [4.78, 5) is 0. The fourth-order valence-corrected chi connectivity index (χ4v) is 3.38. The zero-order valence-electron chi connectivity index (χ0n) is 11.6. The Kier molecular flexibility index (Phi) is 2.53. The Labute approximate surface area is 109 Å². The van der Waals surface area contributed by atoms with E-state index in [1.54, 1.807) is 0 Å². The number of nitrogens with zero attached hydrogens (tertiary/aromatic N) is 1. The molecule has 2 N–H and O–H groups in total. The van der Waals surface area contributed by atoms with E-state index in [0.717, 1.165) is 13.0 Å². The molecule has 0 aliphatic heterocycles. The van der Waals surface area contributed by atoms with Crippen LogP contribution in [0.1, 0.15) is 36.6 Å². The molecule has 0 saturated heterocycles. The molecule has 1 aliphatic carbocycles. The van der Waals surface area contributed by atoms with Gasteiger partial charge in [0.1, 0.15) is 0 Å². The quantitative estimate of drug-likeness (QED) is 0.881. The molecule has 96 valence electrons. The molecule has 1 aliphatic rings. The lowest BCUT2D eigenvalue weighted by Gasteiger charge is -2.13. The van der Waals surface area contributed by atoms with Crippen molar-refractivity contribution in [2.75, 3.05) is 6.54 Å². The van der Waals surface area contributed by atoms with Crippen molar-refractivity contribution < 1.29 is 0 Å². The first-order valence-corrected chi connectivity index (χ1v) is 6.92. The predicted molar refractivity (Wildman–Crippen MR) is 77.0 cm³/mol. The van der Waals surface area contributed by atoms with Gasteiger partial charge in [0.2, 0.25) is 0 Å². The topological polar surface area (TPSA) is 30.9 Å². The van der Waals surface area contributed by atoms with Crippen molar-refractivity contribution >= 4 is 10.9 Å². The Morgan fingerprint density at radius 2 is 2.06 bits per heavy atom. The number of fused-ring (bicyclic) bond motifs is 1. The lowest BCUT2D eigenvalue weighted by atomic mass is 9.92. The summed E-state index contributed by atoms with van der Waals surface area (Å²) >= 11 is 0. The molecule has 0 radical (unpaired) electrons. The summed E-state index contributed by atoms with van der Waals surface area (Å²) in [5.41, 5.74) is 12.1. The molecule has 1 saturated carbocycles. The van der Waals surface area contributed by atoms with Crippen LogP contribution in [0.25, 0.3) is 10.9 Å². The van der Waals surface area contributed by atoms with E-state index >= 15 is 0 Å². The third kappa shape index (κ3) is 1.39. The molecule has 0 unspecified atom stereocenters. The lowest BCUT2D eigenvalue weighted by Crippen LogP contribution is -2.20. The average molecular weight is 242 g/mol. The number of hydrogen-bond donors (Lipinski definition) is 1. The molecule has 3 rings (SSSR count). The number of aromatic nitrogens is 1. The van der Waals surface area contributed by atoms with E-state index in [4.69, 9.17) is 5.73 Å². The van der Waals surface area contributed by atoms with Crippen LogP contribution in [0.4, 0.5) is 0 Å². The first-order chi connectivity index (χ1) is 8.64. The van der Waals surface area contributed by atoms with E-state index in [0.29, 0.717) is 0 Å². The van der Waals surface area contributed by atoms with Gasteiger partial charge in [0, 0.05) is 30.1 Å². The van der Waals surface area contributed by atoms with Crippen LogP contribution in [-0.4, -0.2) is 11.1 Å². The second kappa shape index (κ2) is 3.86. The Bertz CT molecular complexity index is 603. The van der Waals surface area contributed by atoms with Gasteiger partial charge in [0.15, 0.2) is 0 Å². The third-order valence-electron chi connectivity index (χ3n) is 4.74. The minimum Gasteiger partial charge on any atom is -0.347 e. The second-order valence-corrected chi connectivity index (χ2v) is 5.67. The molecular weight excluding hydrogens is 220 g/mol. The van der Waals surface area contributed by atoms with Crippen LogP contribution < -0.4 is 5.73 Å². The second-order valence-electron chi connectivity index (χ2n) is 5.67. The van der Waals surface area contributed by atoms with Gasteiger partial charge in [-0.05, 0) is 37.3 Å². The summed E-state index contributed by atoms with van der Waals surface area (Å²) in [6.45, 7) is 5.25. The monoisotopic (exact) mass is 242 g/mol. The largest absolute Gasteiger partial charge is 0.347 e. The highest BCUT2D eigenvalue weighted by atomic mass is 15.0. The van der Waals surface area contributed by atoms with Crippen molar-refractivity contribution in [2.45, 2.75) is 38.5 Å². The highest BCUT2D eigenvalue weighted by Gasteiger charge is 2.46. The summed E-state index contributed by atoms with van der Waals surface area (Å²) in [6.07, 6.45) is 3.59. The van der Waals surface area contributed by atoms with Crippen molar-refractivity contribution in [3.8, 4) is 0 Å². The van der Waals surface area contributed by atoms with Crippen molar-refractivity contribution in [3.05, 3.63) is 35.0 Å². The maximum atomic E-state index is 6.03. The number of rotatable bonds is 3. The van der Waals surface area contributed by atoms with Crippen molar-refractivity contribution in [1.29, 1.82) is 0 Å². The lowest BCUT2D eigenvalue weighted by molar-refractivity contribution is 0.697. The van der Waals surface area contributed by atoms with Crippen LogP contribution in [0.3, 0.4) is 0 Å². The van der Waals surface area contributed by atoms with E-state index in [2.05, 4.69) is 43.7 Å². The fraction of sp³-hybridized carbons (Fsp3) is 0.500. The van der Waals surface area contributed by atoms with Gasteiger partial charge in [-0.1, -0.05) is 25.1 Å². The molecule has 1 fully saturated rings. The molecule has 0 amide bonds. The van der Waals surface area contributed by atoms with E-state index in [1.165, 1.54) is 40.6 Å². The van der Waals surface area contributed by atoms with Crippen LogP contribution in [0.2, 0.25) is 0 Å². The first kappa shape index (κ1) is 11.8. The third-order valence-corrected chi connectivity index (χ3v) is 4.74. The van der Waals surface area contributed by atoms with Crippen LogP contribution >= 0.6 is 0 Å². The van der Waals surface area contributed by atoms with Gasteiger partial charge in [0.05, 0.1) is 5.52 Å². The number of hydrogen-bond acceptors (Lipinski definition) is 1. The highest BCUT2D eigenvalue weighted by molar-refractivity contribution is 5.89. The summed E-state index contributed by atoms with van der Waals surface area (Å²) < 4.78 is 2.36. The van der Waals surface area contributed by atoms with Gasteiger partial charge < -0.3 is 10.3 Å². The predicted octanol–water partition coefficient (Wildman–Crippen LogP) is 3.04. The number of benzene rings is 1. The molecule has 1 aromatic carbocycles. The Balaban J connectivity index is 2.37. The Hall–Kier alpha value is -1.28. The Morgan fingerprint density at radius 1 is 1.33 bits per heavy atom. The van der Waals surface area contributed by atoms with Crippen LogP contribution in [-0.2, 0) is 18.9 Å². The molecule has 1 heterocycles. The Morgan fingerprint density at radius 3 is 2.61 bits per heavy atom. The van der Waals surface area contributed by atoms with Crippen molar-refractivity contribution in [2.24, 2.45) is 12.8 Å². The average Bonchev–Trinajstić information content (AvgIpc) is 3.14. The van der Waals surface area contributed by atoms with Crippen LogP contribution in [0.15, 0.2) is 18.2 Å².